The summed E-state index contributed by atoms with van der Waals surface area (Å²) in [6.45, 7) is 0.657. The minimum atomic E-state index is -1.82. The van der Waals surface area contributed by atoms with Crippen molar-refractivity contribution in [1.29, 1.82) is 0 Å². The Labute approximate surface area is 178 Å². The van der Waals surface area contributed by atoms with Gasteiger partial charge in [-0.05, 0) is 23.1 Å². The van der Waals surface area contributed by atoms with Gasteiger partial charge < -0.3 is 15.5 Å². The largest absolute Gasteiger partial charge is 0.473 e. The molecule has 160 valence electrons. The first-order valence-corrected chi connectivity index (χ1v) is 9.38. The number of nitro groups is 1. The predicted molar refractivity (Wildman–Crippen MR) is 115 cm³/mol. The molecule has 8 nitrogen and oxygen atoms in total. The van der Waals surface area contributed by atoms with Crippen LogP contribution < -0.4 is 5.32 Å². The van der Waals surface area contributed by atoms with Crippen LogP contribution in [0.1, 0.15) is 22.7 Å². The highest BCUT2D eigenvalue weighted by Gasteiger charge is 2.12. The van der Waals surface area contributed by atoms with Crippen LogP contribution in [0.15, 0.2) is 84.9 Å². The second-order valence-corrected chi connectivity index (χ2v) is 6.57. The van der Waals surface area contributed by atoms with E-state index in [1.165, 1.54) is 11.1 Å². The normalized spacial score (nSPS) is 11.0. The van der Waals surface area contributed by atoms with Gasteiger partial charge in [0.1, 0.15) is 0 Å². The summed E-state index contributed by atoms with van der Waals surface area (Å²) in [5.74, 6) is -3.65. The van der Waals surface area contributed by atoms with Gasteiger partial charge in [0.2, 0.25) is 0 Å². The molecule has 0 amide bonds. The van der Waals surface area contributed by atoms with Crippen molar-refractivity contribution >= 4 is 17.6 Å². The Morgan fingerprint density at radius 3 is 1.81 bits per heavy atom. The summed E-state index contributed by atoms with van der Waals surface area (Å²) in [6, 6.07) is 27.6. The van der Waals surface area contributed by atoms with E-state index in [1.807, 2.05) is 36.4 Å². The van der Waals surface area contributed by atoms with Gasteiger partial charge in [-0.2, -0.15) is 0 Å². The van der Waals surface area contributed by atoms with Crippen molar-refractivity contribution in [2.75, 3.05) is 0 Å². The zero-order valence-corrected chi connectivity index (χ0v) is 16.5. The number of carbonyl (C=O) groups is 2. The average Bonchev–Trinajstić information content (AvgIpc) is 2.78. The number of hydrogen-bond acceptors (Lipinski definition) is 5. The molecule has 3 rings (SSSR count). The molecule has 0 aliphatic rings. The van der Waals surface area contributed by atoms with Gasteiger partial charge >= 0.3 is 11.9 Å². The lowest BCUT2D eigenvalue weighted by molar-refractivity contribution is -0.384. The van der Waals surface area contributed by atoms with Crippen LogP contribution in [0, 0.1) is 10.1 Å². The van der Waals surface area contributed by atoms with Gasteiger partial charge in [-0.25, -0.2) is 9.59 Å². The molecular formula is C23H22N2O6. The summed E-state index contributed by atoms with van der Waals surface area (Å²) in [6.07, 6.45) is 0.887. The Balaban J connectivity index is 0.000000501. The lowest BCUT2D eigenvalue weighted by Crippen LogP contribution is -2.23. The summed E-state index contributed by atoms with van der Waals surface area (Å²) in [5.41, 5.74) is 3.65. The molecule has 0 heterocycles. The summed E-state index contributed by atoms with van der Waals surface area (Å²) < 4.78 is 0. The maximum Gasteiger partial charge on any atom is 0.414 e. The van der Waals surface area contributed by atoms with Crippen LogP contribution in [0.2, 0.25) is 0 Å². The van der Waals surface area contributed by atoms with Crippen molar-refractivity contribution in [3.05, 3.63) is 112 Å². The molecule has 0 bridgehead atoms. The SMILES string of the molecule is O=C(O)C(=O)O.O=[N+]([O-])c1ccc(CNC(Cc2ccccc2)c2ccccc2)cc1. The van der Waals surface area contributed by atoms with E-state index in [-0.39, 0.29) is 16.7 Å². The molecule has 0 aliphatic heterocycles. The van der Waals surface area contributed by atoms with Gasteiger partial charge in [-0.1, -0.05) is 72.8 Å². The van der Waals surface area contributed by atoms with Gasteiger partial charge in [0.15, 0.2) is 0 Å². The van der Waals surface area contributed by atoms with Crippen molar-refractivity contribution in [1.82, 2.24) is 5.32 Å². The van der Waals surface area contributed by atoms with Crippen LogP contribution in [0.25, 0.3) is 0 Å². The molecule has 31 heavy (non-hydrogen) atoms. The van der Waals surface area contributed by atoms with Crippen LogP contribution in [0.4, 0.5) is 5.69 Å². The maximum absolute atomic E-state index is 10.8. The second-order valence-electron chi connectivity index (χ2n) is 6.57. The fraction of sp³-hybridized carbons (Fsp3) is 0.130. The quantitative estimate of drug-likeness (QED) is 0.300. The molecule has 1 unspecified atom stereocenters. The number of nitrogens with one attached hydrogen (secondary N) is 1. The first-order valence-electron chi connectivity index (χ1n) is 9.38. The number of hydrogen-bond donors (Lipinski definition) is 3. The summed E-state index contributed by atoms with van der Waals surface area (Å²) in [7, 11) is 0. The lowest BCUT2D eigenvalue weighted by atomic mass is 9.98. The van der Waals surface area contributed by atoms with Crippen molar-refractivity contribution in [2.24, 2.45) is 0 Å². The van der Waals surface area contributed by atoms with E-state index in [1.54, 1.807) is 24.3 Å². The molecule has 0 saturated carbocycles. The Bertz CT molecular complexity index is 980. The molecule has 3 N–H and O–H groups in total. The number of nitro benzene ring substituents is 1. The third-order valence-corrected chi connectivity index (χ3v) is 4.37. The van der Waals surface area contributed by atoms with E-state index in [0.717, 1.165) is 12.0 Å². The number of benzene rings is 3. The maximum atomic E-state index is 10.8. The summed E-state index contributed by atoms with van der Waals surface area (Å²) in [4.78, 5) is 28.6. The zero-order chi connectivity index (χ0) is 22.6. The highest BCUT2D eigenvalue weighted by atomic mass is 16.6. The molecule has 3 aromatic rings. The van der Waals surface area contributed by atoms with E-state index in [0.29, 0.717) is 6.54 Å². The molecule has 0 saturated heterocycles. The fourth-order valence-electron chi connectivity index (χ4n) is 2.82. The Morgan fingerprint density at radius 2 is 1.32 bits per heavy atom. The summed E-state index contributed by atoms with van der Waals surface area (Å²) >= 11 is 0. The van der Waals surface area contributed by atoms with Crippen molar-refractivity contribution in [3.63, 3.8) is 0 Å². The number of non-ortho nitro benzene ring substituents is 1. The predicted octanol–water partition coefficient (Wildman–Crippen LogP) is 3.82. The van der Waals surface area contributed by atoms with Crippen LogP contribution in [-0.2, 0) is 22.6 Å². The van der Waals surface area contributed by atoms with E-state index in [2.05, 4.69) is 29.6 Å². The third-order valence-electron chi connectivity index (χ3n) is 4.37. The van der Waals surface area contributed by atoms with E-state index in [4.69, 9.17) is 19.8 Å². The van der Waals surface area contributed by atoms with Gasteiger partial charge in [0.05, 0.1) is 4.92 Å². The Kier molecular flexibility index (Phi) is 8.88. The third kappa shape index (κ3) is 8.08. The monoisotopic (exact) mass is 422 g/mol. The fourth-order valence-corrected chi connectivity index (χ4v) is 2.82. The van der Waals surface area contributed by atoms with E-state index >= 15 is 0 Å². The van der Waals surface area contributed by atoms with Crippen LogP contribution >= 0.6 is 0 Å². The average molecular weight is 422 g/mol. The van der Waals surface area contributed by atoms with Crippen LogP contribution in [0.3, 0.4) is 0 Å². The Morgan fingerprint density at radius 1 is 0.806 bits per heavy atom. The van der Waals surface area contributed by atoms with Crippen molar-refractivity contribution < 1.29 is 24.7 Å². The topological polar surface area (TPSA) is 130 Å². The number of aliphatic carboxylic acids is 2. The molecule has 3 aromatic carbocycles. The highest BCUT2D eigenvalue weighted by Crippen LogP contribution is 2.20. The summed E-state index contributed by atoms with van der Waals surface area (Å²) in [5, 5.41) is 29.1. The molecule has 1 atom stereocenters. The first-order chi connectivity index (χ1) is 14.9. The molecule has 0 aliphatic carbocycles. The van der Waals surface area contributed by atoms with Crippen LogP contribution in [0.5, 0.6) is 0 Å². The second kappa shape index (κ2) is 11.8. The number of rotatable bonds is 7. The Hall–Kier alpha value is -4.04. The smallest absolute Gasteiger partial charge is 0.414 e. The van der Waals surface area contributed by atoms with Crippen molar-refractivity contribution in [2.45, 2.75) is 19.0 Å². The van der Waals surface area contributed by atoms with E-state index in [9.17, 15) is 10.1 Å². The first kappa shape index (κ1) is 23.2. The van der Waals surface area contributed by atoms with E-state index < -0.39 is 11.9 Å². The molecular weight excluding hydrogens is 400 g/mol. The van der Waals surface area contributed by atoms with Crippen molar-refractivity contribution in [3.8, 4) is 0 Å². The number of nitrogens with zero attached hydrogens (tertiary/aromatic N) is 1. The minimum absolute atomic E-state index is 0.118. The standard InChI is InChI=1S/C21H20N2O2.C2H2O4/c24-23(25)20-13-11-18(12-14-20)16-22-21(19-9-5-2-6-10-19)15-17-7-3-1-4-8-17;3-1(4)2(5)6/h1-14,21-22H,15-16H2;(H,3,4)(H,5,6). The van der Waals surface area contributed by atoms with Crippen LogP contribution in [-0.4, -0.2) is 27.1 Å². The highest BCUT2D eigenvalue weighted by molar-refractivity contribution is 6.27. The van der Waals surface area contributed by atoms with Gasteiger partial charge in [0.25, 0.3) is 5.69 Å². The van der Waals surface area contributed by atoms with Gasteiger partial charge in [0, 0.05) is 24.7 Å². The molecule has 0 radical (unpaired) electrons. The zero-order valence-electron chi connectivity index (χ0n) is 16.5. The molecule has 0 fully saturated rings. The number of carboxylic acids is 2. The van der Waals surface area contributed by atoms with Gasteiger partial charge in [-0.15, -0.1) is 0 Å². The van der Waals surface area contributed by atoms with Gasteiger partial charge in [-0.3, -0.25) is 10.1 Å². The molecule has 0 spiro atoms. The minimum Gasteiger partial charge on any atom is -0.473 e. The molecule has 8 heteroatoms. The number of carboxylic acid groups (broad SMARTS) is 2. The lowest BCUT2D eigenvalue weighted by Gasteiger charge is -2.19. The molecule has 0 aromatic heterocycles.